The van der Waals surface area contributed by atoms with Gasteiger partial charge in [-0.25, -0.2) is 9.59 Å². The summed E-state index contributed by atoms with van der Waals surface area (Å²) in [7, 11) is 0. The summed E-state index contributed by atoms with van der Waals surface area (Å²) in [5.41, 5.74) is 4.40. The van der Waals surface area contributed by atoms with Crippen molar-refractivity contribution in [3.63, 3.8) is 0 Å². The van der Waals surface area contributed by atoms with E-state index in [4.69, 9.17) is 4.74 Å². The Morgan fingerprint density at radius 3 is 2.06 bits per heavy atom. The topological polar surface area (TPSA) is 134 Å². The number of nitrogens with one attached hydrogen (secondary N) is 3. The molecule has 0 radical (unpaired) electrons. The van der Waals surface area contributed by atoms with Crippen molar-refractivity contribution in [1.82, 2.24) is 16.0 Å². The van der Waals surface area contributed by atoms with Crippen molar-refractivity contribution in [2.24, 2.45) is 5.92 Å². The Labute approximate surface area is 196 Å². The van der Waals surface area contributed by atoms with E-state index in [0.717, 1.165) is 35.1 Å². The van der Waals surface area contributed by atoms with Crippen molar-refractivity contribution in [2.75, 3.05) is 19.7 Å². The Hall–Kier alpha value is -3.88. The number of carbonyl (C=O) groups excluding carboxylic acids is 3. The molecule has 3 amide bonds. The number of amides is 3. The van der Waals surface area contributed by atoms with Gasteiger partial charge in [-0.05, 0) is 34.6 Å². The second-order valence-electron chi connectivity index (χ2n) is 8.59. The van der Waals surface area contributed by atoms with Crippen LogP contribution in [0.5, 0.6) is 0 Å². The van der Waals surface area contributed by atoms with Crippen LogP contribution in [0.4, 0.5) is 4.79 Å². The maximum absolute atomic E-state index is 12.1. The van der Waals surface area contributed by atoms with Crippen molar-refractivity contribution >= 4 is 23.9 Å². The van der Waals surface area contributed by atoms with E-state index in [-0.39, 0.29) is 25.6 Å². The number of carboxylic acids is 1. The first kappa shape index (κ1) is 23.3. The summed E-state index contributed by atoms with van der Waals surface area (Å²) in [4.78, 5) is 47.3. The van der Waals surface area contributed by atoms with E-state index < -0.39 is 29.9 Å². The number of fused-ring (bicyclic) bond motifs is 3. The van der Waals surface area contributed by atoms with Gasteiger partial charge in [-0.3, -0.25) is 9.59 Å². The lowest BCUT2D eigenvalue weighted by molar-refractivity contribution is -0.142. The van der Waals surface area contributed by atoms with E-state index in [0.29, 0.717) is 12.3 Å². The highest BCUT2D eigenvalue weighted by atomic mass is 16.5. The number of ether oxygens (including phenoxy) is 1. The van der Waals surface area contributed by atoms with Crippen LogP contribution >= 0.6 is 0 Å². The molecule has 1 unspecified atom stereocenters. The highest BCUT2D eigenvalue weighted by Gasteiger charge is 2.30. The van der Waals surface area contributed by atoms with Gasteiger partial charge >= 0.3 is 12.1 Å². The molecule has 4 rings (SSSR count). The van der Waals surface area contributed by atoms with Crippen LogP contribution in [0, 0.1) is 5.92 Å². The maximum atomic E-state index is 12.1. The third kappa shape index (κ3) is 5.72. The maximum Gasteiger partial charge on any atom is 0.407 e. The number of hydrogen-bond donors (Lipinski definition) is 4. The van der Waals surface area contributed by atoms with E-state index in [2.05, 4.69) is 16.0 Å². The third-order valence-corrected chi connectivity index (χ3v) is 6.08. The molecule has 2 aromatic carbocycles. The van der Waals surface area contributed by atoms with Gasteiger partial charge in [0.2, 0.25) is 11.8 Å². The van der Waals surface area contributed by atoms with Crippen molar-refractivity contribution in [3.05, 3.63) is 59.7 Å². The molecule has 9 heteroatoms. The van der Waals surface area contributed by atoms with Crippen molar-refractivity contribution in [1.29, 1.82) is 0 Å². The number of aliphatic carboxylic acids is 1. The van der Waals surface area contributed by atoms with Gasteiger partial charge < -0.3 is 25.8 Å². The van der Waals surface area contributed by atoms with Crippen LogP contribution in [0.2, 0.25) is 0 Å². The Bertz CT molecular complexity index is 1050. The Morgan fingerprint density at radius 2 is 1.47 bits per heavy atom. The summed E-state index contributed by atoms with van der Waals surface area (Å²) in [5, 5.41) is 16.3. The standard InChI is InChI=1S/C25H27N3O6/c29-22(26-13-23(30)28-21(24(31)32)11-15-9-10-15)12-27-25(33)34-14-20-18-7-3-1-5-16(18)17-6-2-4-8-19(17)20/h1-8,15,20-21H,9-14H2,(H,26,29)(H,27,33)(H,28,30)(H,31,32). The number of carboxylic acid groups (broad SMARTS) is 1. The zero-order valence-corrected chi connectivity index (χ0v) is 18.6. The van der Waals surface area contributed by atoms with Gasteiger partial charge in [0.05, 0.1) is 6.54 Å². The number of hydrogen-bond acceptors (Lipinski definition) is 5. The highest BCUT2D eigenvalue weighted by molar-refractivity contribution is 5.89. The molecule has 1 atom stereocenters. The zero-order valence-electron chi connectivity index (χ0n) is 18.6. The summed E-state index contributed by atoms with van der Waals surface area (Å²) in [6, 6.07) is 15.0. The van der Waals surface area contributed by atoms with Crippen LogP contribution in [0.25, 0.3) is 11.1 Å². The molecule has 0 heterocycles. The largest absolute Gasteiger partial charge is 0.480 e. The molecule has 34 heavy (non-hydrogen) atoms. The second kappa shape index (κ2) is 10.4. The van der Waals surface area contributed by atoms with Crippen molar-refractivity contribution in [2.45, 2.75) is 31.2 Å². The molecule has 0 bridgehead atoms. The third-order valence-electron chi connectivity index (χ3n) is 6.08. The number of carbonyl (C=O) groups is 4. The first-order valence-corrected chi connectivity index (χ1v) is 11.3. The van der Waals surface area contributed by atoms with Gasteiger partial charge in [-0.2, -0.15) is 0 Å². The van der Waals surface area contributed by atoms with Gasteiger partial charge in [0.15, 0.2) is 0 Å². The predicted molar refractivity (Wildman–Crippen MR) is 123 cm³/mol. The fourth-order valence-corrected chi connectivity index (χ4v) is 4.20. The smallest absolute Gasteiger partial charge is 0.407 e. The van der Waals surface area contributed by atoms with Crippen LogP contribution in [-0.2, 0) is 19.1 Å². The molecule has 0 saturated heterocycles. The quantitative estimate of drug-likeness (QED) is 0.424. The lowest BCUT2D eigenvalue weighted by Gasteiger charge is -2.15. The van der Waals surface area contributed by atoms with Crippen LogP contribution in [0.3, 0.4) is 0 Å². The fraction of sp³-hybridized carbons (Fsp3) is 0.360. The molecule has 2 aliphatic rings. The minimum absolute atomic E-state index is 0.0894. The molecule has 0 aliphatic heterocycles. The van der Waals surface area contributed by atoms with Crippen LogP contribution < -0.4 is 16.0 Å². The number of rotatable bonds is 10. The monoisotopic (exact) mass is 465 g/mol. The molecule has 2 aliphatic carbocycles. The van der Waals surface area contributed by atoms with Crippen molar-refractivity contribution in [3.8, 4) is 11.1 Å². The summed E-state index contributed by atoms with van der Waals surface area (Å²) in [6.07, 6.45) is 1.59. The SMILES string of the molecule is O=C(CNC(=O)OCC1c2ccccc2-c2ccccc21)NCC(=O)NC(CC1CC1)C(=O)O. The molecular formula is C25H27N3O6. The number of benzene rings is 2. The predicted octanol–water partition coefficient (Wildman–Crippen LogP) is 2.01. The van der Waals surface area contributed by atoms with E-state index >= 15 is 0 Å². The lowest BCUT2D eigenvalue weighted by atomic mass is 9.98. The Kier molecular flexibility index (Phi) is 7.10. The molecule has 2 aromatic rings. The second-order valence-corrected chi connectivity index (χ2v) is 8.59. The first-order valence-electron chi connectivity index (χ1n) is 11.3. The van der Waals surface area contributed by atoms with E-state index in [1.54, 1.807) is 0 Å². The number of alkyl carbamates (subject to hydrolysis) is 1. The minimum atomic E-state index is -1.09. The van der Waals surface area contributed by atoms with E-state index in [9.17, 15) is 24.3 Å². The average Bonchev–Trinajstić information content (AvgIpc) is 3.60. The van der Waals surface area contributed by atoms with E-state index in [1.807, 2.05) is 48.5 Å². The van der Waals surface area contributed by atoms with Crippen LogP contribution in [0.1, 0.15) is 36.3 Å². The molecule has 1 saturated carbocycles. The lowest BCUT2D eigenvalue weighted by Crippen LogP contribution is -2.47. The van der Waals surface area contributed by atoms with Crippen LogP contribution in [0.15, 0.2) is 48.5 Å². The van der Waals surface area contributed by atoms with Gasteiger partial charge in [0, 0.05) is 5.92 Å². The summed E-state index contributed by atoms with van der Waals surface area (Å²) < 4.78 is 5.36. The molecule has 1 fully saturated rings. The molecular weight excluding hydrogens is 438 g/mol. The Morgan fingerprint density at radius 1 is 0.882 bits per heavy atom. The molecule has 9 nitrogen and oxygen atoms in total. The van der Waals surface area contributed by atoms with Crippen LogP contribution in [-0.4, -0.2) is 54.7 Å². The Balaban J connectivity index is 1.19. The van der Waals surface area contributed by atoms with E-state index in [1.165, 1.54) is 0 Å². The molecule has 0 spiro atoms. The fourth-order valence-electron chi connectivity index (χ4n) is 4.20. The molecule has 0 aromatic heterocycles. The summed E-state index contributed by atoms with van der Waals surface area (Å²) >= 11 is 0. The van der Waals surface area contributed by atoms with Gasteiger partial charge in [0.1, 0.15) is 19.2 Å². The van der Waals surface area contributed by atoms with Crippen molar-refractivity contribution < 1.29 is 29.0 Å². The molecule has 4 N–H and O–H groups in total. The highest BCUT2D eigenvalue weighted by Crippen LogP contribution is 2.44. The normalized spacial score (nSPS) is 14.9. The van der Waals surface area contributed by atoms with Gasteiger partial charge in [0.25, 0.3) is 0 Å². The minimum Gasteiger partial charge on any atom is -0.480 e. The molecule has 178 valence electrons. The average molecular weight is 466 g/mol. The zero-order chi connectivity index (χ0) is 24.1. The first-order chi connectivity index (χ1) is 16.4. The van der Waals surface area contributed by atoms with Gasteiger partial charge in [-0.15, -0.1) is 0 Å². The van der Waals surface area contributed by atoms with Gasteiger partial charge in [-0.1, -0.05) is 61.4 Å². The summed E-state index contributed by atoms with van der Waals surface area (Å²) in [5.74, 6) is -2.03. The summed E-state index contributed by atoms with van der Waals surface area (Å²) in [6.45, 7) is -0.616.